The van der Waals surface area contributed by atoms with Gasteiger partial charge < -0.3 is 17.7 Å². The van der Waals surface area contributed by atoms with Gasteiger partial charge in [0.25, 0.3) is 0 Å². The van der Waals surface area contributed by atoms with Gasteiger partial charge >= 0.3 is 0 Å². The minimum Gasteiger partial charge on any atom is -0.455 e. The molecule has 456 valence electrons. The fraction of sp³-hybridized carbons (Fsp3) is 0.198. The minimum atomic E-state index is -2.51. The van der Waals surface area contributed by atoms with Crippen LogP contribution >= 0.6 is 0 Å². The summed E-state index contributed by atoms with van der Waals surface area (Å²) in [6.07, 6.45) is 13.3. The van der Waals surface area contributed by atoms with Crippen LogP contribution in [0, 0.1) is 41.5 Å². The van der Waals surface area contributed by atoms with Crippen LogP contribution in [0.25, 0.3) is 133 Å². The van der Waals surface area contributed by atoms with Gasteiger partial charge in [-0.3, -0.25) is 0 Å². The SMILES string of the molecule is Cc1ccc(-c2c(C)ccc3c2oc2ncccc23)[n+](C)c1.Cc1ccc2c(oc3ncccc32)c1-c1cc(C(C)C)cc[n+]1C.Cc1ccc2c(oc3ncccc32)c1-c1cccc[n+]1C.[2H]C([2H])([2H])c1cc(C)c(-c2cc(C([2H])(C)C([2H])([2H])[2H])cc[n+]2C)c2oc3ccccc3c12. The molecule has 11 heterocycles. The lowest BCUT2D eigenvalue weighted by Gasteiger charge is -2.10. The standard InChI is InChI=1S/C23H24NO.C21H21N2O.C19H17N2O.C18H15N2O/c1-14(2)17-10-11-24(5)19(13-17)22-16(4)12-15(3)21-18-8-6-7-9-20(18)25-23(21)22;1-13(2)15-9-11-23(4)18(12-15)19-14(3)7-8-16-17-6-5-10-22-21(17)24-20(16)19;1-12-6-9-16(21(3)11-12)17-13(2)7-8-14-15-5-4-10-20-19(15)22-18(14)17;1-12-8-9-13-14-6-5-10-19-18(14)21-17(13)16(12)15-7-3-4-11-20(15)2/h6-14H,1-5H3;5-13H,1-4H3;4-11H,1-3H3;3-11H,1-2H3/q4*+1/i1D3,3D3,14D;;;. The molecular formula is C81H77N7O4+4. The van der Waals surface area contributed by atoms with Crippen LogP contribution in [0.3, 0.4) is 0 Å². The average molecular weight is 1220 g/mol. The maximum absolute atomic E-state index is 8.50. The number of hydrogen-bond donors (Lipinski definition) is 0. The van der Waals surface area contributed by atoms with E-state index in [1.807, 2.05) is 61.0 Å². The van der Waals surface area contributed by atoms with Gasteiger partial charge in [-0.2, -0.15) is 0 Å². The third-order valence-corrected chi connectivity index (χ3v) is 17.5. The predicted molar refractivity (Wildman–Crippen MR) is 371 cm³/mol. The normalized spacial score (nSPS) is 13.6. The Balaban J connectivity index is 0.000000120. The number of benzene rings is 5. The van der Waals surface area contributed by atoms with E-state index in [1.165, 1.54) is 40.4 Å². The summed E-state index contributed by atoms with van der Waals surface area (Å²) >= 11 is 0. The molecule has 11 heteroatoms. The van der Waals surface area contributed by atoms with Crippen molar-refractivity contribution in [2.45, 2.75) is 80.9 Å². The molecule has 0 aliphatic carbocycles. The van der Waals surface area contributed by atoms with Gasteiger partial charge in [-0.05, 0) is 147 Å². The number of para-hydroxylation sites is 1. The zero-order valence-corrected chi connectivity index (χ0v) is 53.9. The van der Waals surface area contributed by atoms with E-state index in [0.29, 0.717) is 67.4 Å². The molecular weight excluding hydrogens is 1130 g/mol. The Bertz CT molecular complexity index is 5820. The van der Waals surface area contributed by atoms with Gasteiger partial charge in [-0.25, -0.2) is 33.2 Å². The van der Waals surface area contributed by atoms with Crippen LogP contribution in [0.4, 0.5) is 0 Å². The highest BCUT2D eigenvalue weighted by molar-refractivity contribution is 6.13. The topological polar surface area (TPSA) is 107 Å². The molecule has 0 amide bonds. The molecule has 1 unspecified atom stereocenters. The lowest BCUT2D eigenvalue weighted by atomic mass is 9.95. The number of aryl methyl sites for hydroxylation is 10. The van der Waals surface area contributed by atoms with Gasteiger partial charge in [0.2, 0.25) is 39.9 Å². The Hall–Kier alpha value is -10.7. The first-order chi connectivity index (χ1) is 47.2. The van der Waals surface area contributed by atoms with Crippen LogP contribution in [0.2, 0.25) is 0 Å². The Labute approximate surface area is 546 Å². The summed E-state index contributed by atoms with van der Waals surface area (Å²) in [6.45, 7) is 11.2. The molecule has 0 radical (unpaired) electrons. The number of pyridine rings is 7. The second kappa shape index (κ2) is 24.6. The summed E-state index contributed by atoms with van der Waals surface area (Å²) in [6, 6.07) is 52.1. The van der Waals surface area contributed by atoms with Gasteiger partial charge in [0.1, 0.15) is 39.4 Å². The highest BCUT2D eigenvalue weighted by Crippen LogP contribution is 2.42. The molecule has 5 aromatic carbocycles. The van der Waals surface area contributed by atoms with E-state index in [9.17, 15) is 0 Å². The molecule has 11 aromatic heterocycles. The Morgan fingerprint density at radius 1 is 0.391 bits per heavy atom. The van der Waals surface area contributed by atoms with Gasteiger partial charge in [0, 0.05) is 119 Å². The molecule has 16 aromatic rings. The smallest absolute Gasteiger partial charge is 0.227 e. The van der Waals surface area contributed by atoms with Crippen LogP contribution in [-0.4, -0.2) is 15.0 Å². The molecule has 1 atom stereocenters. The molecule has 0 saturated heterocycles. The summed E-state index contributed by atoms with van der Waals surface area (Å²) in [5.41, 5.74) is 21.4. The Kier molecular flexibility index (Phi) is 14.0. The second-order valence-electron chi connectivity index (χ2n) is 24.2. The van der Waals surface area contributed by atoms with Crippen molar-refractivity contribution in [1.29, 1.82) is 0 Å². The third kappa shape index (κ3) is 11.0. The molecule has 0 N–H and O–H groups in total. The molecule has 0 aliphatic heterocycles. The van der Waals surface area contributed by atoms with Crippen molar-refractivity contribution < 1.29 is 45.5 Å². The molecule has 92 heavy (non-hydrogen) atoms. The number of furan rings is 4. The van der Waals surface area contributed by atoms with Crippen molar-refractivity contribution in [1.82, 2.24) is 15.0 Å². The molecule has 0 fully saturated rings. The summed E-state index contributed by atoms with van der Waals surface area (Å²) in [5, 5.41) is 7.77. The van der Waals surface area contributed by atoms with Crippen LogP contribution in [0.5, 0.6) is 0 Å². The fourth-order valence-electron chi connectivity index (χ4n) is 12.7. The van der Waals surface area contributed by atoms with E-state index in [4.69, 9.17) is 27.3 Å². The lowest BCUT2D eigenvalue weighted by molar-refractivity contribution is -0.660. The number of hydrogen-bond acceptors (Lipinski definition) is 7. The molecule has 0 saturated carbocycles. The first-order valence-electron chi connectivity index (χ1n) is 34.4. The number of nitrogens with zero attached hydrogens (tertiary/aromatic N) is 7. The van der Waals surface area contributed by atoms with Crippen LogP contribution in [0.1, 0.15) is 93.5 Å². The van der Waals surface area contributed by atoms with E-state index in [-0.39, 0.29) is 5.56 Å². The van der Waals surface area contributed by atoms with Gasteiger partial charge in [-0.1, -0.05) is 88.3 Å². The van der Waals surface area contributed by atoms with Gasteiger partial charge in [0.15, 0.2) is 41.5 Å². The summed E-state index contributed by atoms with van der Waals surface area (Å²) in [5.74, 6) is -1.32. The van der Waals surface area contributed by atoms with E-state index in [0.717, 1.165) is 77.1 Å². The maximum atomic E-state index is 8.50. The molecule has 16 rings (SSSR count). The van der Waals surface area contributed by atoms with Crippen LogP contribution in [0.15, 0.2) is 219 Å². The van der Waals surface area contributed by atoms with Gasteiger partial charge in [-0.15, -0.1) is 0 Å². The quantitative estimate of drug-likeness (QED) is 0.153. The molecule has 0 spiro atoms. The Morgan fingerprint density at radius 2 is 0.859 bits per heavy atom. The van der Waals surface area contributed by atoms with E-state index < -0.39 is 19.6 Å². The summed E-state index contributed by atoms with van der Waals surface area (Å²) in [7, 11) is 8.02. The largest absolute Gasteiger partial charge is 0.455 e. The number of rotatable bonds is 6. The highest BCUT2D eigenvalue weighted by Gasteiger charge is 2.26. The summed E-state index contributed by atoms with van der Waals surface area (Å²) < 4.78 is 88.8. The van der Waals surface area contributed by atoms with Crippen LogP contribution in [-0.2, 0) is 28.2 Å². The van der Waals surface area contributed by atoms with Crippen molar-refractivity contribution in [2.24, 2.45) is 28.2 Å². The average Bonchev–Trinajstić information content (AvgIpc) is 1.66. The second-order valence-corrected chi connectivity index (χ2v) is 24.2. The van der Waals surface area contributed by atoms with Crippen molar-refractivity contribution in [3.63, 3.8) is 0 Å². The van der Waals surface area contributed by atoms with E-state index in [2.05, 4.69) is 201 Å². The maximum Gasteiger partial charge on any atom is 0.227 e. The molecule has 0 aliphatic rings. The Morgan fingerprint density at radius 3 is 1.37 bits per heavy atom. The van der Waals surface area contributed by atoms with E-state index >= 15 is 0 Å². The van der Waals surface area contributed by atoms with Crippen molar-refractivity contribution >= 4 is 88.1 Å². The first-order valence-corrected chi connectivity index (χ1v) is 30.9. The van der Waals surface area contributed by atoms with Crippen molar-refractivity contribution in [3.8, 4) is 45.0 Å². The highest BCUT2D eigenvalue weighted by atomic mass is 16.3. The lowest BCUT2D eigenvalue weighted by Crippen LogP contribution is -2.31. The fourth-order valence-corrected chi connectivity index (χ4v) is 12.7. The summed E-state index contributed by atoms with van der Waals surface area (Å²) in [4.78, 5) is 13.1. The molecule has 11 nitrogen and oxygen atoms in total. The zero-order chi connectivity index (χ0) is 70.1. The zero-order valence-electron chi connectivity index (χ0n) is 60.9. The van der Waals surface area contributed by atoms with E-state index in [1.54, 1.807) is 49.1 Å². The first kappa shape index (κ1) is 52.2. The number of aromatic nitrogens is 7. The third-order valence-electron chi connectivity index (χ3n) is 17.5. The van der Waals surface area contributed by atoms with Crippen LogP contribution < -0.4 is 18.3 Å². The van der Waals surface area contributed by atoms with Crippen molar-refractivity contribution in [2.75, 3.05) is 0 Å². The predicted octanol–water partition coefficient (Wildman–Crippen LogP) is 18.6. The minimum absolute atomic E-state index is 0.213. The number of fused-ring (bicyclic) bond motifs is 12. The monoisotopic (exact) mass is 1220 g/mol. The van der Waals surface area contributed by atoms with Gasteiger partial charge in [0.05, 0.1) is 22.3 Å². The molecule has 0 bridgehead atoms. The van der Waals surface area contributed by atoms with Crippen molar-refractivity contribution in [3.05, 3.63) is 246 Å².